The minimum Gasteiger partial charge on any atom is -0.352 e. The van der Waals surface area contributed by atoms with Crippen molar-refractivity contribution in [2.24, 2.45) is 0 Å². The molecule has 208 valence electrons. The fraction of sp³-hybridized carbons (Fsp3) is 0.333. The van der Waals surface area contributed by atoms with Crippen molar-refractivity contribution in [1.29, 1.82) is 0 Å². The molecule has 2 atom stereocenters. The number of amides is 2. The molecule has 39 heavy (non-hydrogen) atoms. The van der Waals surface area contributed by atoms with Gasteiger partial charge in [0.05, 0.1) is 10.6 Å². The summed E-state index contributed by atoms with van der Waals surface area (Å²) in [6, 6.07) is 19.6. The zero-order valence-corrected chi connectivity index (χ0v) is 24.6. The van der Waals surface area contributed by atoms with Crippen molar-refractivity contribution < 1.29 is 18.0 Å². The summed E-state index contributed by atoms with van der Waals surface area (Å²) in [6.45, 7) is 8.87. The van der Waals surface area contributed by atoms with Crippen LogP contribution in [-0.4, -0.2) is 43.8 Å². The Morgan fingerprint density at radius 2 is 1.59 bits per heavy atom. The van der Waals surface area contributed by atoms with E-state index in [0.29, 0.717) is 16.3 Å². The number of anilines is 1. The van der Waals surface area contributed by atoms with Gasteiger partial charge >= 0.3 is 0 Å². The van der Waals surface area contributed by atoms with Crippen molar-refractivity contribution >= 4 is 39.1 Å². The quantitative estimate of drug-likeness (QED) is 0.331. The number of halogens is 1. The number of nitrogens with zero attached hydrogens (tertiary/aromatic N) is 2. The second-order valence-corrected chi connectivity index (χ2v) is 12.1. The lowest BCUT2D eigenvalue weighted by molar-refractivity contribution is -0.139. The first-order valence-electron chi connectivity index (χ1n) is 12.9. The number of rotatable bonds is 11. The third kappa shape index (κ3) is 7.61. The standard InChI is InChI=1S/C30H36ClN3O4S/c1-6-23(4)32-30(36)24(5)33(19-25-15-12-21(2)13-16-25)29(35)20-34(28-18-26(31)17-14-22(28)3)39(37,38)27-10-8-7-9-11-27/h7-18,23-24H,6,19-20H2,1-5H3,(H,32,36). The van der Waals surface area contributed by atoms with Gasteiger partial charge in [0.1, 0.15) is 12.6 Å². The van der Waals surface area contributed by atoms with Gasteiger partial charge in [-0.3, -0.25) is 13.9 Å². The molecule has 0 heterocycles. The average molecular weight is 570 g/mol. The molecule has 1 N–H and O–H groups in total. The van der Waals surface area contributed by atoms with E-state index in [1.807, 2.05) is 45.0 Å². The van der Waals surface area contributed by atoms with Crippen LogP contribution in [0.3, 0.4) is 0 Å². The first kappa shape index (κ1) is 30.2. The zero-order valence-electron chi connectivity index (χ0n) is 23.0. The van der Waals surface area contributed by atoms with Crippen LogP contribution in [0, 0.1) is 13.8 Å². The highest BCUT2D eigenvalue weighted by atomic mass is 35.5. The number of hydrogen-bond acceptors (Lipinski definition) is 4. The van der Waals surface area contributed by atoms with Crippen LogP contribution >= 0.6 is 11.6 Å². The molecular formula is C30H36ClN3O4S. The van der Waals surface area contributed by atoms with Crippen LogP contribution in [-0.2, 0) is 26.2 Å². The summed E-state index contributed by atoms with van der Waals surface area (Å²) in [5.41, 5.74) is 2.83. The lowest BCUT2D eigenvalue weighted by atomic mass is 10.1. The predicted octanol–water partition coefficient (Wildman–Crippen LogP) is 5.48. The van der Waals surface area contributed by atoms with Gasteiger partial charge in [-0.2, -0.15) is 0 Å². The maximum absolute atomic E-state index is 14.0. The molecule has 0 radical (unpaired) electrons. The van der Waals surface area contributed by atoms with Crippen molar-refractivity contribution in [2.75, 3.05) is 10.8 Å². The van der Waals surface area contributed by atoms with Gasteiger partial charge < -0.3 is 10.2 Å². The zero-order chi connectivity index (χ0) is 28.7. The van der Waals surface area contributed by atoms with Crippen LogP contribution in [0.4, 0.5) is 5.69 Å². The molecule has 0 spiro atoms. The molecule has 0 bridgehead atoms. The van der Waals surface area contributed by atoms with Gasteiger partial charge in [-0.25, -0.2) is 8.42 Å². The molecule has 0 saturated carbocycles. The summed E-state index contributed by atoms with van der Waals surface area (Å²) in [5.74, 6) is -0.817. The van der Waals surface area contributed by atoms with Crippen molar-refractivity contribution in [2.45, 2.75) is 64.6 Å². The summed E-state index contributed by atoms with van der Waals surface area (Å²) < 4.78 is 28.8. The number of carbonyl (C=O) groups excluding carboxylic acids is 2. The minimum absolute atomic E-state index is 0.0461. The van der Waals surface area contributed by atoms with E-state index in [9.17, 15) is 18.0 Å². The van der Waals surface area contributed by atoms with Crippen LogP contribution in [0.1, 0.15) is 43.9 Å². The first-order chi connectivity index (χ1) is 18.4. The number of hydrogen-bond donors (Lipinski definition) is 1. The van der Waals surface area contributed by atoms with Crippen molar-refractivity contribution in [3.8, 4) is 0 Å². The molecule has 3 aromatic carbocycles. The fourth-order valence-corrected chi connectivity index (χ4v) is 5.68. The van der Waals surface area contributed by atoms with E-state index in [2.05, 4.69) is 5.32 Å². The molecule has 7 nitrogen and oxygen atoms in total. The Balaban J connectivity index is 2.05. The Bertz CT molecular complexity index is 1400. The maximum atomic E-state index is 14.0. The Hall–Kier alpha value is -3.36. The molecule has 0 saturated heterocycles. The molecule has 2 amide bonds. The number of carbonyl (C=O) groups is 2. The van der Waals surface area contributed by atoms with Crippen LogP contribution in [0.15, 0.2) is 77.7 Å². The summed E-state index contributed by atoms with van der Waals surface area (Å²) in [7, 11) is -4.14. The number of aryl methyl sites for hydroxylation is 2. The van der Waals surface area contributed by atoms with Gasteiger partial charge in [0.25, 0.3) is 10.0 Å². The van der Waals surface area contributed by atoms with Crippen LogP contribution in [0.2, 0.25) is 5.02 Å². The second-order valence-electron chi connectivity index (χ2n) is 9.76. The SMILES string of the molecule is CCC(C)NC(=O)C(C)N(Cc1ccc(C)cc1)C(=O)CN(c1cc(Cl)ccc1C)S(=O)(=O)c1ccccc1. The van der Waals surface area contributed by atoms with Crippen LogP contribution in [0.25, 0.3) is 0 Å². The van der Waals surface area contributed by atoms with E-state index in [-0.39, 0.29) is 23.4 Å². The Kier molecular flexibility index (Phi) is 10.2. The van der Waals surface area contributed by atoms with E-state index in [0.717, 1.165) is 21.9 Å². The second kappa shape index (κ2) is 13.1. The highest BCUT2D eigenvalue weighted by Gasteiger charge is 2.33. The number of benzene rings is 3. The molecule has 0 aromatic heterocycles. The van der Waals surface area contributed by atoms with Crippen LogP contribution in [0.5, 0.6) is 0 Å². The normalized spacial score (nSPS) is 12.9. The van der Waals surface area contributed by atoms with E-state index in [4.69, 9.17) is 11.6 Å². The number of nitrogens with one attached hydrogen (secondary N) is 1. The van der Waals surface area contributed by atoms with Crippen molar-refractivity contribution in [3.63, 3.8) is 0 Å². The smallest absolute Gasteiger partial charge is 0.264 e. The number of sulfonamides is 1. The van der Waals surface area contributed by atoms with E-state index in [1.165, 1.54) is 23.1 Å². The van der Waals surface area contributed by atoms with Gasteiger partial charge in [-0.05, 0) is 69.5 Å². The van der Waals surface area contributed by atoms with Gasteiger partial charge in [-0.15, -0.1) is 0 Å². The highest BCUT2D eigenvalue weighted by molar-refractivity contribution is 7.92. The Morgan fingerprint density at radius 1 is 0.949 bits per heavy atom. The highest BCUT2D eigenvalue weighted by Crippen LogP contribution is 2.30. The molecular weight excluding hydrogens is 534 g/mol. The third-order valence-electron chi connectivity index (χ3n) is 6.69. The van der Waals surface area contributed by atoms with Crippen molar-refractivity contribution in [3.05, 3.63) is 94.5 Å². The monoisotopic (exact) mass is 569 g/mol. The molecule has 0 aliphatic heterocycles. The molecule has 2 unspecified atom stereocenters. The minimum atomic E-state index is -4.14. The summed E-state index contributed by atoms with van der Waals surface area (Å²) in [4.78, 5) is 28.6. The molecule has 0 aliphatic carbocycles. The topological polar surface area (TPSA) is 86.8 Å². The summed E-state index contributed by atoms with van der Waals surface area (Å²) >= 11 is 6.26. The van der Waals surface area contributed by atoms with Crippen LogP contribution < -0.4 is 9.62 Å². The van der Waals surface area contributed by atoms with Gasteiger partial charge in [0.15, 0.2) is 0 Å². The Labute approximate surface area is 236 Å². The lowest BCUT2D eigenvalue weighted by Gasteiger charge is -2.33. The third-order valence-corrected chi connectivity index (χ3v) is 8.70. The lowest BCUT2D eigenvalue weighted by Crippen LogP contribution is -2.52. The molecule has 3 rings (SSSR count). The summed E-state index contributed by atoms with van der Waals surface area (Å²) in [5, 5.41) is 3.28. The van der Waals surface area contributed by atoms with E-state index >= 15 is 0 Å². The molecule has 0 aliphatic rings. The molecule has 0 fully saturated rings. The largest absolute Gasteiger partial charge is 0.352 e. The van der Waals surface area contributed by atoms with Gasteiger partial charge in [0.2, 0.25) is 11.8 Å². The van der Waals surface area contributed by atoms with E-state index in [1.54, 1.807) is 44.2 Å². The fourth-order valence-electron chi connectivity index (χ4n) is 4.02. The predicted molar refractivity (Wildman–Crippen MR) is 156 cm³/mol. The van der Waals surface area contributed by atoms with E-state index < -0.39 is 28.5 Å². The Morgan fingerprint density at radius 3 is 2.21 bits per heavy atom. The van der Waals surface area contributed by atoms with Gasteiger partial charge in [-0.1, -0.05) is 72.6 Å². The van der Waals surface area contributed by atoms with Gasteiger partial charge in [0, 0.05) is 17.6 Å². The van der Waals surface area contributed by atoms with Crippen molar-refractivity contribution in [1.82, 2.24) is 10.2 Å². The molecule has 3 aromatic rings. The maximum Gasteiger partial charge on any atom is 0.264 e. The molecule has 9 heteroatoms. The average Bonchev–Trinajstić information content (AvgIpc) is 2.92. The summed E-state index contributed by atoms with van der Waals surface area (Å²) in [6.07, 6.45) is 0.738. The first-order valence-corrected chi connectivity index (χ1v) is 14.7.